The highest BCUT2D eigenvalue weighted by Gasteiger charge is 2.41. The normalized spacial score (nSPS) is 10.7. The standard InChI is InChI=1S/C36H22O19/c37-27(38)17-9-1-5-13(21(17)31(45)46)25(14-6-2-10-18(28(39)40)22(14)32(47)48)35(53)55-36(54)26(15-7-3-11-19(29(41)42)23(15)33(49)50)16-8-4-12-20(30(43)44)24(16)34(51)52/h1-12,25-26H,(H,37,38)(H,39,40)(H,41,42)(H,43,44)(H,45,46)(H,47,48)(H,49,50)(H,51,52). The van der Waals surface area contributed by atoms with Crippen molar-refractivity contribution < 1.29 is 93.5 Å². The molecule has 0 unspecified atom stereocenters. The number of rotatable bonds is 14. The second-order valence-corrected chi connectivity index (χ2v) is 11.1. The minimum Gasteiger partial charge on any atom is -0.478 e. The molecular weight excluding hydrogens is 736 g/mol. The van der Waals surface area contributed by atoms with Crippen LogP contribution in [0.15, 0.2) is 72.8 Å². The van der Waals surface area contributed by atoms with Crippen LogP contribution in [0, 0.1) is 0 Å². The number of esters is 2. The van der Waals surface area contributed by atoms with Crippen LogP contribution in [0.5, 0.6) is 0 Å². The predicted octanol–water partition coefficient (Wildman–Crippen LogP) is 3.31. The summed E-state index contributed by atoms with van der Waals surface area (Å²) in [6, 6.07) is 10.1. The fourth-order valence-corrected chi connectivity index (χ4v) is 5.97. The number of carbonyl (C=O) groups is 10. The Morgan fingerprint density at radius 2 is 0.527 bits per heavy atom. The molecule has 280 valence electrons. The van der Waals surface area contributed by atoms with Crippen molar-refractivity contribution in [1.82, 2.24) is 0 Å². The molecular formula is C36H22O19. The smallest absolute Gasteiger partial charge is 0.336 e. The van der Waals surface area contributed by atoms with E-state index in [1.54, 1.807) is 0 Å². The number of hydrogen-bond donors (Lipinski definition) is 8. The second-order valence-electron chi connectivity index (χ2n) is 11.1. The molecule has 0 saturated carbocycles. The van der Waals surface area contributed by atoms with Crippen molar-refractivity contribution in [3.05, 3.63) is 140 Å². The summed E-state index contributed by atoms with van der Waals surface area (Å²) < 4.78 is 5.09. The van der Waals surface area contributed by atoms with Crippen molar-refractivity contribution in [2.45, 2.75) is 11.8 Å². The molecule has 8 N–H and O–H groups in total. The number of ether oxygens (including phenoxy) is 1. The van der Waals surface area contributed by atoms with Crippen molar-refractivity contribution in [2.24, 2.45) is 0 Å². The molecule has 0 aliphatic carbocycles. The fourth-order valence-electron chi connectivity index (χ4n) is 5.97. The highest BCUT2D eigenvalue weighted by atomic mass is 16.6. The summed E-state index contributed by atoms with van der Waals surface area (Å²) >= 11 is 0. The maximum atomic E-state index is 14.3. The molecule has 0 spiro atoms. The van der Waals surface area contributed by atoms with Crippen LogP contribution in [0.3, 0.4) is 0 Å². The minimum atomic E-state index is -2.49. The molecule has 0 aliphatic rings. The molecule has 0 radical (unpaired) electrons. The highest BCUT2D eigenvalue weighted by molar-refractivity contribution is 6.10. The lowest BCUT2D eigenvalue weighted by Gasteiger charge is -2.24. The highest BCUT2D eigenvalue weighted by Crippen LogP contribution is 2.38. The Bertz CT molecular complexity index is 2070. The van der Waals surface area contributed by atoms with Crippen LogP contribution in [-0.4, -0.2) is 101 Å². The third kappa shape index (κ3) is 7.55. The van der Waals surface area contributed by atoms with E-state index < -0.39 is 138 Å². The van der Waals surface area contributed by atoms with E-state index >= 15 is 0 Å². The largest absolute Gasteiger partial charge is 0.478 e. The van der Waals surface area contributed by atoms with Crippen LogP contribution in [0.2, 0.25) is 0 Å². The Labute approximate surface area is 304 Å². The van der Waals surface area contributed by atoms with E-state index in [1.807, 2.05) is 0 Å². The first kappa shape index (κ1) is 39.6. The molecule has 0 amide bonds. The molecule has 4 aromatic carbocycles. The van der Waals surface area contributed by atoms with Gasteiger partial charge >= 0.3 is 59.7 Å². The van der Waals surface area contributed by atoms with E-state index in [4.69, 9.17) is 4.74 Å². The molecule has 4 aromatic rings. The predicted molar refractivity (Wildman–Crippen MR) is 176 cm³/mol. The molecule has 19 nitrogen and oxygen atoms in total. The van der Waals surface area contributed by atoms with Gasteiger partial charge < -0.3 is 45.6 Å². The maximum absolute atomic E-state index is 14.3. The van der Waals surface area contributed by atoms with Crippen LogP contribution in [0.1, 0.15) is 117 Å². The first-order chi connectivity index (χ1) is 25.8. The van der Waals surface area contributed by atoms with Gasteiger partial charge in [0.25, 0.3) is 0 Å². The molecule has 0 bridgehead atoms. The summed E-state index contributed by atoms with van der Waals surface area (Å²) in [5, 5.41) is 79.2. The van der Waals surface area contributed by atoms with Crippen LogP contribution in [-0.2, 0) is 14.3 Å². The summed E-state index contributed by atoms with van der Waals surface area (Å²) in [6.45, 7) is 0. The van der Waals surface area contributed by atoms with Crippen molar-refractivity contribution in [3.63, 3.8) is 0 Å². The van der Waals surface area contributed by atoms with E-state index in [9.17, 15) is 88.8 Å². The molecule has 0 fully saturated rings. The summed E-state index contributed by atoms with van der Waals surface area (Å²) in [6.07, 6.45) is 0. The van der Waals surface area contributed by atoms with Gasteiger partial charge in [-0.2, -0.15) is 0 Å². The molecule has 0 heterocycles. The Hall–Kier alpha value is -8.22. The molecule has 55 heavy (non-hydrogen) atoms. The molecule has 0 aliphatic heterocycles. The number of hydrogen-bond acceptors (Lipinski definition) is 11. The zero-order valence-corrected chi connectivity index (χ0v) is 27.2. The first-order valence-corrected chi connectivity index (χ1v) is 14.9. The number of aromatic carboxylic acids is 8. The van der Waals surface area contributed by atoms with E-state index in [0.717, 1.165) is 72.8 Å². The van der Waals surface area contributed by atoms with Gasteiger partial charge in [0.1, 0.15) is 11.8 Å². The van der Waals surface area contributed by atoms with Gasteiger partial charge in [-0.25, -0.2) is 38.4 Å². The quantitative estimate of drug-likeness (QED) is 0.0675. The average Bonchev–Trinajstić information content (AvgIpc) is 3.10. The van der Waals surface area contributed by atoms with Gasteiger partial charge in [-0.3, -0.25) is 9.59 Å². The van der Waals surface area contributed by atoms with Crippen molar-refractivity contribution in [1.29, 1.82) is 0 Å². The van der Waals surface area contributed by atoms with Gasteiger partial charge in [0.05, 0.1) is 44.5 Å². The van der Waals surface area contributed by atoms with Gasteiger partial charge in [-0.05, 0) is 46.5 Å². The summed E-state index contributed by atoms with van der Waals surface area (Å²) in [7, 11) is 0. The Kier molecular flexibility index (Phi) is 11.2. The topological polar surface area (TPSA) is 342 Å². The van der Waals surface area contributed by atoms with Gasteiger partial charge in [-0.15, -0.1) is 0 Å². The van der Waals surface area contributed by atoms with E-state index in [-0.39, 0.29) is 0 Å². The molecule has 0 atom stereocenters. The molecule has 0 saturated heterocycles. The number of carbonyl (C=O) groups excluding carboxylic acids is 2. The van der Waals surface area contributed by atoms with Crippen molar-refractivity contribution in [3.8, 4) is 0 Å². The van der Waals surface area contributed by atoms with Gasteiger partial charge in [0.2, 0.25) is 0 Å². The number of carboxylic acids is 8. The van der Waals surface area contributed by atoms with Crippen LogP contribution in [0.25, 0.3) is 0 Å². The van der Waals surface area contributed by atoms with Crippen LogP contribution >= 0.6 is 0 Å². The average molecular weight is 759 g/mol. The van der Waals surface area contributed by atoms with E-state index in [0.29, 0.717) is 0 Å². The van der Waals surface area contributed by atoms with Crippen LogP contribution < -0.4 is 0 Å². The Balaban J connectivity index is 2.11. The zero-order valence-electron chi connectivity index (χ0n) is 27.2. The third-order valence-corrected chi connectivity index (χ3v) is 8.08. The van der Waals surface area contributed by atoms with Gasteiger partial charge in [-0.1, -0.05) is 48.5 Å². The number of carboxylic acid groups (broad SMARTS) is 8. The van der Waals surface area contributed by atoms with E-state index in [1.165, 1.54) is 0 Å². The third-order valence-electron chi connectivity index (χ3n) is 8.08. The lowest BCUT2D eigenvalue weighted by atomic mass is 9.81. The van der Waals surface area contributed by atoms with Crippen LogP contribution in [0.4, 0.5) is 0 Å². The maximum Gasteiger partial charge on any atom is 0.336 e. The van der Waals surface area contributed by atoms with Gasteiger partial charge in [0, 0.05) is 0 Å². The Morgan fingerprint density at radius 1 is 0.327 bits per heavy atom. The lowest BCUT2D eigenvalue weighted by Crippen LogP contribution is -2.30. The second kappa shape index (κ2) is 15.6. The summed E-state index contributed by atoms with van der Waals surface area (Å²) in [5.74, 6) is -24.4. The number of benzene rings is 4. The summed E-state index contributed by atoms with van der Waals surface area (Å²) in [4.78, 5) is 127. The SMILES string of the molecule is O=C(O)c1cccc(C(C(=O)OC(=O)C(c2cccc(C(=O)O)c2C(=O)O)c2cccc(C(=O)O)c2C(=O)O)c2cccc(C(=O)O)c2C(=O)O)c1C(=O)O. The Morgan fingerprint density at radius 3 is 0.691 bits per heavy atom. The minimum absolute atomic E-state index is 0.788. The van der Waals surface area contributed by atoms with E-state index in [2.05, 4.69) is 0 Å². The lowest BCUT2D eigenvalue weighted by molar-refractivity contribution is -0.160. The fraction of sp³-hybridized carbons (Fsp3) is 0.0556. The van der Waals surface area contributed by atoms with Gasteiger partial charge in [0.15, 0.2) is 0 Å². The zero-order chi connectivity index (χ0) is 41.0. The molecule has 4 rings (SSSR count). The van der Waals surface area contributed by atoms with Crippen molar-refractivity contribution >= 4 is 59.7 Å². The first-order valence-electron chi connectivity index (χ1n) is 14.9. The monoisotopic (exact) mass is 758 g/mol. The molecule has 0 aromatic heterocycles. The van der Waals surface area contributed by atoms with Crippen molar-refractivity contribution in [2.75, 3.05) is 0 Å². The molecule has 19 heteroatoms. The summed E-state index contributed by atoms with van der Waals surface area (Å²) in [5.41, 5.74) is -11.9.